The first-order chi connectivity index (χ1) is 4.57. The lowest BCUT2D eigenvalue weighted by atomic mass is 10.1. The van der Waals surface area contributed by atoms with Crippen molar-refractivity contribution in [1.29, 1.82) is 0 Å². The van der Waals surface area contributed by atoms with E-state index in [1.54, 1.807) is 0 Å². The van der Waals surface area contributed by atoms with E-state index in [4.69, 9.17) is 0 Å². The fraction of sp³-hybridized carbons (Fsp3) is 0.857. The van der Waals surface area contributed by atoms with E-state index in [-0.39, 0.29) is 11.9 Å². The number of alkyl halides is 1. The smallest absolute Gasteiger partial charge is 0.217 e. The Kier molecular flexibility index (Phi) is 4.69. The van der Waals surface area contributed by atoms with Crippen molar-refractivity contribution in [2.75, 3.05) is 5.33 Å². The zero-order chi connectivity index (χ0) is 8.15. The Labute approximate surface area is 70.5 Å². The van der Waals surface area contributed by atoms with Crippen molar-refractivity contribution in [2.24, 2.45) is 5.92 Å². The summed E-state index contributed by atoms with van der Waals surface area (Å²) in [7, 11) is 0. The van der Waals surface area contributed by atoms with Crippen LogP contribution < -0.4 is 5.32 Å². The summed E-state index contributed by atoms with van der Waals surface area (Å²) in [4.78, 5) is 10.5. The Bertz CT molecular complexity index is 116. The van der Waals surface area contributed by atoms with Crippen LogP contribution in [-0.4, -0.2) is 17.3 Å². The third-order valence-corrected chi connectivity index (χ3v) is 2.55. The summed E-state index contributed by atoms with van der Waals surface area (Å²) in [5, 5.41) is 3.75. The molecule has 0 aromatic carbocycles. The number of carbonyl (C=O) groups excluding carboxylic acids is 1. The van der Waals surface area contributed by atoms with Gasteiger partial charge in [-0.1, -0.05) is 22.9 Å². The molecule has 2 atom stereocenters. The normalized spacial score (nSPS) is 16.0. The molecule has 60 valence electrons. The molecule has 0 aliphatic heterocycles. The summed E-state index contributed by atoms with van der Waals surface area (Å²) in [5.74, 6) is 0.532. The van der Waals surface area contributed by atoms with Gasteiger partial charge in [0, 0.05) is 18.3 Å². The van der Waals surface area contributed by atoms with Gasteiger partial charge in [0.05, 0.1) is 0 Å². The molecule has 0 heterocycles. The van der Waals surface area contributed by atoms with Gasteiger partial charge >= 0.3 is 0 Å². The van der Waals surface area contributed by atoms with E-state index in [0.717, 1.165) is 5.33 Å². The van der Waals surface area contributed by atoms with Crippen LogP contribution in [0.25, 0.3) is 0 Å². The third kappa shape index (κ3) is 3.88. The fourth-order valence-electron chi connectivity index (χ4n) is 0.597. The highest BCUT2D eigenvalue weighted by Gasteiger charge is 2.10. The van der Waals surface area contributed by atoms with Gasteiger partial charge in [0.1, 0.15) is 0 Å². The van der Waals surface area contributed by atoms with Crippen molar-refractivity contribution < 1.29 is 4.79 Å². The number of carbonyl (C=O) groups is 1. The average Bonchev–Trinajstić information content (AvgIpc) is 1.85. The van der Waals surface area contributed by atoms with Crippen LogP contribution in [0.15, 0.2) is 0 Å². The summed E-state index contributed by atoms with van der Waals surface area (Å²) in [6.07, 6.45) is 0. The van der Waals surface area contributed by atoms with Gasteiger partial charge in [-0.15, -0.1) is 0 Å². The number of hydrogen-bond acceptors (Lipinski definition) is 1. The van der Waals surface area contributed by atoms with E-state index in [0.29, 0.717) is 5.92 Å². The topological polar surface area (TPSA) is 29.1 Å². The van der Waals surface area contributed by atoms with Gasteiger partial charge in [0.25, 0.3) is 0 Å². The molecule has 1 amide bonds. The second kappa shape index (κ2) is 4.72. The van der Waals surface area contributed by atoms with Crippen LogP contribution >= 0.6 is 15.9 Å². The highest BCUT2D eigenvalue weighted by Crippen LogP contribution is 2.05. The predicted octanol–water partition coefficient (Wildman–Crippen LogP) is 1.54. The molecule has 2 nitrogen and oxygen atoms in total. The molecule has 0 spiro atoms. The van der Waals surface area contributed by atoms with Crippen molar-refractivity contribution in [2.45, 2.75) is 26.8 Å². The molecule has 0 saturated heterocycles. The van der Waals surface area contributed by atoms with Crippen molar-refractivity contribution in [3.63, 3.8) is 0 Å². The van der Waals surface area contributed by atoms with E-state index in [1.807, 2.05) is 6.92 Å². The number of rotatable bonds is 3. The van der Waals surface area contributed by atoms with Crippen molar-refractivity contribution in [3.05, 3.63) is 0 Å². The molecule has 0 radical (unpaired) electrons. The summed E-state index contributed by atoms with van der Waals surface area (Å²) in [5.41, 5.74) is 0. The molecular formula is C7H14BrNO. The van der Waals surface area contributed by atoms with E-state index in [2.05, 4.69) is 28.2 Å². The molecule has 0 saturated carbocycles. The standard InChI is InChI=1S/C7H14BrNO/c1-5(4-8)6(2)9-7(3)10/h5-6H,4H2,1-3H3,(H,9,10). The Morgan fingerprint density at radius 2 is 2.10 bits per heavy atom. The minimum absolute atomic E-state index is 0.0419. The van der Waals surface area contributed by atoms with Gasteiger partial charge in [-0.2, -0.15) is 0 Å². The van der Waals surface area contributed by atoms with Crippen LogP contribution in [0.4, 0.5) is 0 Å². The molecule has 1 N–H and O–H groups in total. The van der Waals surface area contributed by atoms with Crippen LogP contribution in [0.5, 0.6) is 0 Å². The second-order valence-corrected chi connectivity index (χ2v) is 3.27. The van der Waals surface area contributed by atoms with Crippen LogP contribution in [-0.2, 0) is 4.79 Å². The highest BCUT2D eigenvalue weighted by atomic mass is 79.9. The molecule has 0 bridgehead atoms. The van der Waals surface area contributed by atoms with Crippen molar-refractivity contribution in [3.8, 4) is 0 Å². The molecule has 0 aromatic heterocycles. The molecule has 0 rings (SSSR count). The largest absolute Gasteiger partial charge is 0.354 e. The summed E-state index contributed by atoms with van der Waals surface area (Å²) < 4.78 is 0. The quantitative estimate of drug-likeness (QED) is 0.700. The maximum Gasteiger partial charge on any atom is 0.217 e. The fourth-order valence-corrected chi connectivity index (χ4v) is 1.16. The van der Waals surface area contributed by atoms with Crippen LogP contribution in [0, 0.1) is 5.92 Å². The molecule has 0 aromatic rings. The maximum atomic E-state index is 10.5. The molecule has 2 unspecified atom stereocenters. The van der Waals surface area contributed by atoms with E-state index in [9.17, 15) is 4.79 Å². The van der Waals surface area contributed by atoms with Gasteiger partial charge in [-0.05, 0) is 12.8 Å². The minimum atomic E-state index is 0.0419. The van der Waals surface area contributed by atoms with Crippen molar-refractivity contribution in [1.82, 2.24) is 5.32 Å². The van der Waals surface area contributed by atoms with Gasteiger partial charge < -0.3 is 5.32 Å². The third-order valence-electron chi connectivity index (χ3n) is 1.53. The number of nitrogens with one attached hydrogen (secondary N) is 1. The predicted molar refractivity (Wildman–Crippen MR) is 46.2 cm³/mol. The molecule has 0 aliphatic rings. The average molecular weight is 208 g/mol. The second-order valence-electron chi connectivity index (χ2n) is 2.62. The number of amides is 1. The zero-order valence-electron chi connectivity index (χ0n) is 6.65. The lowest BCUT2D eigenvalue weighted by Crippen LogP contribution is -2.36. The van der Waals surface area contributed by atoms with Gasteiger partial charge in [0.15, 0.2) is 0 Å². The van der Waals surface area contributed by atoms with Gasteiger partial charge in [0.2, 0.25) is 5.91 Å². The first-order valence-electron chi connectivity index (χ1n) is 3.41. The minimum Gasteiger partial charge on any atom is -0.354 e. The zero-order valence-corrected chi connectivity index (χ0v) is 8.23. The van der Waals surface area contributed by atoms with Crippen LogP contribution in [0.2, 0.25) is 0 Å². The van der Waals surface area contributed by atoms with E-state index < -0.39 is 0 Å². The van der Waals surface area contributed by atoms with Crippen molar-refractivity contribution >= 4 is 21.8 Å². The molecule has 0 aliphatic carbocycles. The van der Waals surface area contributed by atoms with Crippen LogP contribution in [0.3, 0.4) is 0 Å². The summed E-state index contributed by atoms with van der Waals surface area (Å²) >= 11 is 3.35. The summed E-state index contributed by atoms with van der Waals surface area (Å²) in [6.45, 7) is 5.64. The van der Waals surface area contributed by atoms with Gasteiger partial charge in [-0.3, -0.25) is 4.79 Å². The Morgan fingerprint density at radius 3 is 2.40 bits per heavy atom. The number of halogens is 1. The maximum absolute atomic E-state index is 10.5. The highest BCUT2D eigenvalue weighted by molar-refractivity contribution is 9.09. The van der Waals surface area contributed by atoms with E-state index >= 15 is 0 Å². The Morgan fingerprint density at radius 1 is 1.60 bits per heavy atom. The lowest BCUT2D eigenvalue weighted by molar-refractivity contribution is -0.119. The molecular weight excluding hydrogens is 194 g/mol. The molecule has 0 fully saturated rings. The Hall–Kier alpha value is -0.0500. The summed E-state index contributed by atoms with van der Waals surface area (Å²) in [6, 6.07) is 0.261. The number of hydrogen-bond donors (Lipinski definition) is 1. The van der Waals surface area contributed by atoms with Crippen LogP contribution in [0.1, 0.15) is 20.8 Å². The SMILES string of the molecule is CC(=O)NC(C)C(C)CBr. The monoisotopic (exact) mass is 207 g/mol. The Balaban J connectivity index is 3.61. The van der Waals surface area contributed by atoms with E-state index in [1.165, 1.54) is 6.92 Å². The first-order valence-corrected chi connectivity index (χ1v) is 4.53. The molecule has 10 heavy (non-hydrogen) atoms. The first kappa shape index (κ1) is 9.95. The lowest BCUT2D eigenvalue weighted by Gasteiger charge is -2.17. The molecule has 3 heteroatoms. The van der Waals surface area contributed by atoms with Gasteiger partial charge in [-0.25, -0.2) is 0 Å².